The van der Waals surface area contributed by atoms with Gasteiger partial charge in [-0.2, -0.15) is 5.26 Å². The van der Waals surface area contributed by atoms with Gasteiger partial charge in [0.1, 0.15) is 5.75 Å². The molecule has 0 radical (unpaired) electrons. The highest BCUT2D eigenvalue weighted by atomic mass is 16.5. The number of nitriles is 1. The minimum absolute atomic E-state index is 0.0587. The Morgan fingerprint density at radius 1 is 1.21 bits per heavy atom. The zero-order valence-electron chi connectivity index (χ0n) is 14.3. The van der Waals surface area contributed by atoms with Crippen LogP contribution in [-0.4, -0.2) is 12.5 Å². The number of ether oxygens (including phenoxy) is 1. The second-order valence-corrected chi connectivity index (χ2v) is 5.89. The van der Waals surface area contributed by atoms with Gasteiger partial charge < -0.3 is 10.1 Å². The Balaban J connectivity index is 1.81. The Bertz CT molecular complexity index is 745. The van der Waals surface area contributed by atoms with Gasteiger partial charge in [-0.1, -0.05) is 29.8 Å². The molecule has 0 saturated heterocycles. The van der Waals surface area contributed by atoms with Crippen LogP contribution in [0.5, 0.6) is 5.75 Å². The highest BCUT2D eigenvalue weighted by Gasteiger charge is 2.10. The van der Waals surface area contributed by atoms with E-state index in [0.29, 0.717) is 18.6 Å². The minimum Gasteiger partial charge on any atom is -0.493 e. The van der Waals surface area contributed by atoms with Gasteiger partial charge in [-0.25, -0.2) is 0 Å². The number of carbonyl (C=O) groups is 1. The molecule has 24 heavy (non-hydrogen) atoms. The first kappa shape index (κ1) is 17.6. The monoisotopic (exact) mass is 322 g/mol. The maximum atomic E-state index is 12.0. The van der Waals surface area contributed by atoms with Crippen molar-refractivity contribution in [3.63, 3.8) is 0 Å². The van der Waals surface area contributed by atoms with Crippen molar-refractivity contribution in [2.45, 2.75) is 33.2 Å². The molecule has 1 amide bonds. The van der Waals surface area contributed by atoms with E-state index in [4.69, 9.17) is 10.00 Å². The van der Waals surface area contributed by atoms with Gasteiger partial charge in [0, 0.05) is 0 Å². The maximum absolute atomic E-state index is 12.0. The summed E-state index contributed by atoms with van der Waals surface area (Å²) in [5, 5.41) is 11.7. The number of amides is 1. The Kier molecular flexibility index (Phi) is 5.97. The first-order valence-electron chi connectivity index (χ1n) is 7.99. The normalized spacial score (nSPS) is 11.4. The molecule has 0 aliphatic carbocycles. The third-order valence-electron chi connectivity index (χ3n) is 3.83. The summed E-state index contributed by atoms with van der Waals surface area (Å²) in [7, 11) is 0. The van der Waals surface area contributed by atoms with Crippen molar-refractivity contribution >= 4 is 5.91 Å². The fraction of sp³-hybridized carbons (Fsp3) is 0.300. The van der Waals surface area contributed by atoms with Gasteiger partial charge in [-0.15, -0.1) is 0 Å². The summed E-state index contributed by atoms with van der Waals surface area (Å²) >= 11 is 0. The quantitative estimate of drug-likeness (QED) is 0.879. The molecular weight excluding hydrogens is 300 g/mol. The van der Waals surface area contributed by atoms with Crippen LogP contribution in [0, 0.1) is 25.2 Å². The van der Waals surface area contributed by atoms with Gasteiger partial charge in [-0.3, -0.25) is 4.79 Å². The molecule has 0 aliphatic rings. The Morgan fingerprint density at radius 3 is 2.54 bits per heavy atom. The summed E-state index contributed by atoms with van der Waals surface area (Å²) in [5.74, 6) is 0.755. The number of nitrogens with zero attached hydrogens (tertiary/aromatic N) is 1. The van der Waals surface area contributed by atoms with Crippen LogP contribution in [0.2, 0.25) is 0 Å². The third-order valence-corrected chi connectivity index (χ3v) is 3.83. The molecule has 0 saturated carbocycles. The van der Waals surface area contributed by atoms with Crippen LogP contribution in [0.3, 0.4) is 0 Å². The van der Waals surface area contributed by atoms with Crippen molar-refractivity contribution < 1.29 is 9.53 Å². The highest BCUT2D eigenvalue weighted by molar-refractivity contribution is 5.76. The number of hydrogen-bond donors (Lipinski definition) is 1. The summed E-state index contributed by atoms with van der Waals surface area (Å²) in [6.45, 7) is 6.30. The molecule has 1 atom stereocenters. The average molecular weight is 322 g/mol. The number of nitrogens with one attached hydrogen (secondary N) is 1. The number of aryl methyl sites for hydroxylation is 2. The van der Waals surface area contributed by atoms with Gasteiger partial charge in [0.15, 0.2) is 0 Å². The minimum atomic E-state index is -0.105. The summed E-state index contributed by atoms with van der Waals surface area (Å²) in [6, 6.07) is 15.2. The lowest BCUT2D eigenvalue weighted by atomic mass is 10.1. The molecular formula is C20H22N2O2. The number of carbonyl (C=O) groups excluding carboxylic acids is 1. The maximum Gasteiger partial charge on any atom is 0.223 e. The van der Waals surface area contributed by atoms with Crippen molar-refractivity contribution in [3.8, 4) is 11.8 Å². The predicted molar refractivity (Wildman–Crippen MR) is 93.7 cm³/mol. The predicted octanol–water partition coefficient (Wildman–Crippen LogP) is 3.82. The van der Waals surface area contributed by atoms with E-state index in [9.17, 15) is 4.79 Å². The molecule has 0 aliphatic heterocycles. The fourth-order valence-electron chi connectivity index (χ4n) is 2.46. The number of rotatable bonds is 6. The van der Waals surface area contributed by atoms with Crippen LogP contribution in [0.25, 0.3) is 0 Å². The Labute approximate surface area is 143 Å². The highest BCUT2D eigenvalue weighted by Crippen LogP contribution is 2.19. The largest absolute Gasteiger partial charge is 0.493 e. The lowest BCUT2D eigenvalue weighted by Gasteiger charge is -2.15. The number of benzene rings is 2. The Morgan fingerprint density at radius 2 is 1.92 bits per heavy atom. The van der Waals surface area contributed by atoms with Gasteiger partial charge in [-0.05, 0) is 50.1 Å². The second-order valence-electron chi connectivity index (χ2n) is 5.89. The summed E-state index contributed by atoms with van der Waals surface area (Å²) in [4.78, 5) is 12.0. The van der Waals surface area contributed by atoms with Crippen LogP contribution >= 0.6 is 0 Å². The van der Waals surface area contributed by atoms with E-state index in [1.165, 1.54) is 5.56 Å². The molecule has 0 aromatic heterocycles. The first-order valence-corrected chi connectivity index (χ1v) is 7.99. The topological polar surface area (TPSA) is 62.1 Å². The molecule has 2 aromatic carbocycles. The van der Waals surface area contributed by atoms with Crippen molar-refractivity contribution in [3.05, 3.63) is 64.7 Å². The second kappa shape index (κ2) is 8.16. The van der Waals surface area contributed by atoms with E-state index in [-0.39, 0.29) is 11.9 Å². The van der Waals surface area contributed by atoms with Crippen molar-refractivity contribution in [1.29, 1.82) is 5.26 Å². The standard InChI is InChI=1S/C20H22N2O2/c1-14-4-9-19(15(2)12-14)24-11-10-20(23)22-16(3)18-7-5-17(13-21)6-8-18/h4-9,12,16H,10-11H2,1-3H3,(H,22,23). The first-order chi connectivity index (χ1) is 11.5. The molecule has 0 bridgehead atoms. The summed E-state index contributed by atoms with van der Waals surface area (Å²) in [6.07, 6.45) is 0.300. The van der Waals surface area contributed by atoms with Crippen molar-refractivity contribution in [2.75, 3.05) is 6.61 Å². The van der Waals surface area contributed by atoms with E-state index in [2.05, 4.69) is 17.5 Å². The zero-order chi connectivity index (χ0) is 17.5. The molecule has 1 N–H and O–H groups in total. The zero-order valence-corrected chi connectivity index (χ0v) is 14.3. The molecule has 124 valence electrons. The van der Waals surface area contributed by atoms with Crippen LogP contribution in [0.15, 0.2) is 42.5 Å². The molecule has 0 fully saturated rings. The van der Waals surface area contributed by atoms with E-state index in [1.54, 1.807) is 12.1 Å². The van der Waals surface area contributed by atoms with Crippen LogP contribution in [0.4, 0.5) is 0 Å². The van der Waals surface area contributed by atoms with Crippen LogP contribution in [0.1, 0.15) is 41.6 Å². The molecule has 2 aromatic rings. The fourth-order valence-corrected chi connectivity index (χ4v) is 2.46. The summed E-state index contributed by atoms with van der Waals surface area (Å²) in [5.41, 5.74) is 3.84. The average Bonchev–Trinajstić information content (AvgIpc) is 2.57. The smallest absolute Gasteiger partial charge is 0.223 e. The van der Waals surface area contributed by atoms with E-state index in [1.807, 2.05) is 45.0 Å². The molecule has 0 heterocycles. The molecule has 1 unspecified atom stereocenters. The third kappa shape index (κ3) is 4.85. The van der Waals surface area contributed by atoms with E-state index >= 15 is 0 Å². The lowest BCUT2D eigenvalue weighted by molar-refractivity contribution is -0.122. The van der Waals surface area contributed by atoms with Crippen molar-refractivity contribution in [1.82, 2.24) is 5.32 Å². The molecule has 0 spiro atoms. The van der Waals surface area contributed by atoms with Crippen molar-refractivity contribution in [2.24, 2.45) is 0 Å². The van der Waals surface area contributed by atoms with Gasteiger partial charge in [0.05, 0.1) is 30.7 Å². The van der Waals surface area contributed by atoms with Gasteiger partial charge >= 0.3 is 0 Å². The molecule has 2 rings (SSSR count). The summed E-state index contributed by atoms with van der Waals surface area (Å²) < 4.78 is 5.68. The van der Waals surface area contributed by atoms with E-state index < -0.39 is 0 Å². The van der Waals surface area contributed by atoms with Crippen LogP contribution < -0.4 is 10.1 Å². The SMILES string of the molecule is Cc1ccc(OCCC(=O)NC(C)c2ccc(C#N)cc2)c(C)c1. The number of hydrogen-bond acceptors (Lipinski definition) is 3. The molecule has 4 nitrogen and oxygen atoms in total. The molecule has 4 heteroatoms. The van der Waals surface area contributed by atoms with Gasteiger partial charge in [0.2, 0.25) is 5.91 Å². The van der Waals surface area contributed by atoms with Crippen LogP contribution in [-0.2, 0) is 4.79 Å². The van der Waals surface area contributed by atoms with E-state index in [0.717, 1.165) is 16.9 Å². The Hall–Kier alpha value is -2.80. The lowest BCUT2D eigenvalue weighted by Crippen LogP contribution is -2.27. The van der Waals surface area contributed by atoms with Gasteiger partial charge in [0.25, 0.3) is 0 Å².